The van der Waals surface area contributed by atoms with Crippen molar-refractivity contribution in [3.8, 4) is 33.6 Å². The molecule has 8 rings (SSSR count). The van der Waals surface area contributed by atoms with Gasteiger partial charge in [0.1, 0.15) is 11.6 Å². The number of aryl methyl sites for hydroxylation is 1. The van der Waals surface area contributed by atoms with Crippen molar-refractivity contribution in [3.05, 3.63) is 138 Å². The summed E-state index contributed by atoms with van der Waals surface area (Å²) in [6.07, 6.45) is 10.4. The van der Waals surface area contributed by atoms with Crippen LogP contribution in [-0.4, -0.2) is 18.0 Å². The fourth-order valence-electron chi connectivity index (χ4n) is 7.14. The zero-order valence-electron chi connectivity index (χ0n) is 29.3. The number of benzene rings is 4. The summed E-state index contributed by atoms with van der Waals surface area (Å²) in [6.45, 7) is 9.24. The molecule has 261 valence electrons. The molecule has 7 aromatic rings. The van der Waals surface area contributed by atoms with Crippen molar-refractivity contribution in [1.82, 2.24) is 9.97 Å². The molecule has 4 aromatic carbocycles. The van der Waals surface area contributed by atoms with Gasteiger partial charge in [-0.25, -0.2) is 8.78 Å². The standard InChI is InChI=1S/C29H22F2NS.C15H18NSi.Ir/c30-24-6-3-7-25(31)29(24)21-9-11-28-23(17-21)22-16-20(8-10-27(22)33-28)26-15-19(12-13-32-26)14-18-4-1-2-5-18;1-12-10-14(13-8-6-5-7-9-13)16-11-15(12)17(2,3)4;/h3,6-7,9-13,15-18H,1-2,4-5,14H2;5-8,10-11H,1-4H3;/q2*-1;. The second-order valence-electron chi connectivity index (χ2n) is 14.3. The summed E-state index contributed by atoms with van der Waals surface area (Å²) >= 11 is 1.66. The third kappa shape index (κ3) is 8.28. The van der Waals surface area contributed by atoms with Crippen molar-refractivity contribution in [2.45, 2.75) is 58.7 Å². The summed E-state index contributed by atoms with van der Waals surface area (Å²) < 4.78 is 31.0. The van der Waals surface area contributed by atoms with E-state index in [1.807, 2.05) is 42.6 Å². The summed E-state index contributed by atoms with van der Waals surface area (Å²) in [5, 5.41) is 3.50. The van der Waals surface area contributed by atoms with Crippen LogP contribution in [0.1, 0.15) is 36.8 Å². The zero-order chi connectivity index (χ0) is 34.8. The first kappa shape index (κ1) is 36.9. The predicted molar refractivity (Wildman–Crippen MR) is 209 cm³/mol. The normalized spacial score (nSPS) is 13.2. The van der Waals surface area contributed by atoms with Crippen molar-refractivity contribution < 1.29 is 28.9 Å². The molecule has 1 saturated carbocycles. The van der Waals surface area contributed by atoms with E-state index in [9.17, 15) is 8.78 Å². The van der Waals surface area contributed by atoms with E-state index in [0.717, 1.165) is 55.0 Å². The molecule has 3 heterocycles. The van der Waals surface area contributed by atoms with E-state index < -0.39 is 19.7 Å². The molecule has 0 N–H and O–H groups in total. The van der Waals surface area contributed by atoms with Crippen LogP contribution in [0.4, 0.5) is 8.78 Å². The van der Waals surface area contributed by atoms with Gasteiger partial charge >= 0.3 is 0 Å². The molecule has 1 radical (unpaired) electrons. The molecule has 3 aromatic heterocycles. The van der Waals surface area contributed by atoms with E-state index in [1.54, 1.807) is 17.4 Å². The van der Waals surface area contributed by atoms with E-state index >= 15 is 0 Å². The van der Waals surface area contributed by atoms with E-state index in [1.165, 1.54) is 60.2 Å². The van der Waals surface area contributed by atoms with E-state index in [2.05, 4.69) is 85.2 Å². The van der Waals surface area contributed by atoms with E-state index in [4.69, 9.17) is 0 Å². The van der Waals surface area contributed by atoms with Crippen LogP contribution in [0.15, 0.2) is 103 Å². The van der Waals surface area contributed by atoms with E-state index in [0.29, 0.717) is 5.56 Å². The van der Waals surface area contributed by atoms with Crippen molar-refractivity contribution in [1.29, 1.82) is 0 Å². The summed E-state index contributed by atoms with van der Waals surface area (Å²) in [7, 11) is -1.27. The Morgan fingerprint density at radius 1 is 0.784 bits per heavy atom. The molecule has 0 saturated heterocycles. The number of hydrogen-bond acceptors (Lipinski definition) is 3. The summed E-state index contributed by atoms with van der Waals surface area (Å²) in [6, 6.07) is 34.8. The average Bonchev–Trinajstić information content (AvgIpc) is 3.76. The van der Waals surface area contributed by atoms with Crippen LogP contribution in [0.25, 0.3) is 53.8 Å². The molecule has 51 heavy (non-hydrogen) atoms. The van der Waals surface area contributed by atoms with Crippen LogP contribution in [0.5, 0.6) is 0 Å². The Kier molecular flexibility index (Phi) is 11.4. The van der Waals surface area contributed by atoms with Gasteiger partial charge in [0.15, 0.2) is 0 Å². The van der Waals surface area contributed by atoms with Gasteiger partial charge in [0.05, 0.1) is 13.6 Å². The van der Waals surface area contributed by atoms with Crippen molar-refractivity contribution in [2.75, 3.05) is 0 Å². The number of nitrogens with zero attached hydrogens (tertiary/aromatic N) is 2. The van der Waals surface area contributed by atoms with Crippen molar-refractivity contribution >= 4 is 44.8 Å². The fourth-order valence-corrected chi connectivity index (χ4v) is 9.89. The van der Waals surface area contributed by atoms with Crippen LogP contribution >= 0.6 is 11.3 Å². The summed E-state index contributed by atoms with van der Waals surface area (Å²) in [5.74, 6) is -0.318. The van der Waals surface area contributed by atoms with Gasteiger partial charge in [-0.15, -0.1) is 59.7 Å². The van der Waals surface area contributed by atoms with Gasteiger partial charge in [0.2, 0.25) is 0 Å². The Morgan fingerprint density at radius 2 is 1.53 bits per heavy atom. The molecule has 1 aliphatic rings. The van der Waals surface area contributed by atoms with Crippen LogP contribution in [0.3, 0.4) is 0 Å². The van der Waals surface area contributed by atoms with Gasteiger partial charge in [-0.3, -0.25) is 0 Å². The first-order valence-electron chi connectivity index (χ1n) is 17.4. The molecule has 7 heteroatoms. The zero-order valence-corrected chi connectivity index (χ0v) is 33.5. The molecule has 2 nitrogen and oxygen atoms in total. The first-order chi connectivity index (χ1) is 24.1. The average molecular weight is 887 g/mol. The molecule has 0 amide bonds. The predicted octanol–water partition coefficient (Wildman–Crippen LogP) is 12.0. The van der Waals surface area contributed by atoms with Crippen molar-refractivity contribution in [3.63, 3.8) is 0 Å². The minimum atomic E-state index is -1.27. The number of aromatic nitrogens is 2. The molecular weight excluding hydrogens is 847 g/mol. The van der Waals surface area contributed by atoms with Crippen LogP contribution in [0, 0.1) is 36.6 Å². The molecule has 0 bridgehead atoms. The van der Waals surface area contributed by atoms with Gasteiger partial charge in [0.25, 0.3) is 0 Å². The summed E-state index contributed by atoms with van der Waals surface area (Å²) in [4.78, 5) is 9.20. The number of fused-ring (bicyclic) bond motifs is 3. The van der Waals surface area contributed by atoms with Crippen molar-refractivity contribution in [2.24, 2.45) is 5.92 Å². The monoisotopic (exact) mass is 887 g/mol. The molecule has 0 unspecified atom stereocenters. The number of thiophene rings is 1. The van der Waals surface area contributed by atoms with Gasteiger partial charge in [0, 0.05) is 37.2 Å². The Bertz CT molecular complexity index is 2270. The number of halogens is 2. The van der Waals surface area contributed by atoms with Gasteiger partial charge < -0.3 is 9.97 Å². The minimum absolute atomic E-state index is 0. The maximum Gasteiger partial charge on any atom is 0.133 e. The van der Waals surface area contributed by atoms with Crippen LogP contribution in [0.2, 0.25) is 19.6 Å². The summed E-state index contributed by atoms with van der Waals surface area (Å²) in [5.41, 5.74) is 7.19. The van der Waals surface area contributed by atoms with E-state index in [-0.39, 0.29) is 25.7 Å². The Balaban J connectivity index is 0.000000211. The Labute approximate surface area is 318 Å². The molecule has 0 atom stereocenters. The molecular formula is C44H40F2IrN2SSi-2. The smallest absolute Gasteiger partial charge is 0.133 e. The minimum Gasteiger partial charge on any atom is -0.305 e. The van der Waals surface area contributed by atoms with Crippen LogP contribution in [-0.2, 0) is 26.5 Å². The number of rotatable bonds is 6. The largest absolute Gasteiger partial charge is 0.305 e. The second kappa shape index (κ2) is 15.8. The Hall–Kier alpha value is -3.87. The van der Waals surface area contributed by atoms with Gasteiger partial charge in [-0.05, 0) is 81.8 Å². The fraction of sp³-hybridized carbons (Fsp3) is 0.227. The number of hydrogen-bond donors (Lipinski definition) is 0. The van der Waals surface area contributed by atoms with Crippen LogP contribution < -0.4 is 5.19 Å². The maximum absolute atomic E-state index is 14.4. The third-order valence-corrected chi connectivity index (χ3v) is 12.9. The molecule has 0 aliphatic heterocycles. The second-order valence-corrected chi connectivity index (χ2v) is 20.5. The maximum atomic E-state index is 14.4. The molecule has 0 spiro atoms. The number of pyridine rings is 2. The molecule has 1 aliphatic carbocycles. The van der Waals surface area contributed by atoms with Gasteiger partial charge in [-0.2, -0.15) is 11.3 Å². The topological polar surface area (TPSA) is 25.8 Å². The third-order valence-electron chi connectivity index (χ3n) is 9.66. The molecule has 1 fully saturated rings. The SMILES string of the molecule is Cc1cc(-c2[c-]cccc2)ncc1[Si](C)(C)C.Fc1cccc(F)c1-c1ccc2sc3c[c-]c(-c4cc(CC5CCCC5)ccn4)cc3c2c1.[Ir]. The quantitative estimate of drug-likeness (QED) is 0.123. The van der Waals surface area contributed by atoms with Gasteiger partial charge in [-0.1, -0.05) is 86.1 Å². The first-order valence-corrected chi connectivity index (χ1v) is 21.7. The Morgan fingerprint density at radius 3 is 2.24 bits per heavy atom.